The van der Waals surface area contributed by atoms with E-state index in [4.69, 9.17) is 9.47 Å². The number of nitrogens with zero attached hydrogens (tertiary/aromatic N) is 1. The van der Waals surface area contributed by atoms with Crippen LogP contribution in [-0.4, -0.2) is 43.5 Å². The zero-order valence-corrected chi connectivity index (χ0v) is 18.5. The Kier molecular flexibility index (Phi) is 8.71. The molecule has 0 aromatic heterocycles. The molecule has 2 amide bonds. The molecule has 162 valence electrons. The summed E-state index contributed by atoms with van der Waals surface area (Å²) >= 11 is 0. The lowest BCUT2D eigenvalue weighted by molar-refractivity contribution is -0.140. The summed E-state index contributed by atoms with van der Waals surface area (Å²) in [7, 11) is 3.22. The van der Waals surface area contributed by atoms with Crippen LogP contribution in [0, 0.1) is 5.92 Å². The van der Waals surface area contributed by atoms with E-state index in [2.05, 4.69) is 5.32 Å². The van der Waals surface area contributed by atoms with Crippen molar-refractivity contribution < 1.29 is 19.1 Å². The van der Waals surface area contributed by atoms with Crippen molar-refractivity contribution in [2.75, 3.05) is 20.8 Å². The summed E-state index contributed by atoms with van der Waals surface area (Å²) in [6, 6.07) is 14.3. The normalized spacial score (nSPS) is 11.7. The number of benzene rings is 2. The number of carbonyl (C=O) groups is 2. The highest BCUT2D eigenvalue weighted by Gasteiger charge is 2.26. The van der Waals surface area contributed by atoms with Crippen molar-refractivity contribution in [2.45, 2.75) is 39.8 Å². The molecule has 0 unspecified atom stereocenters. The van der Waals surface area contributed by atoms with Crippen LogP contribution in [0.1, 0.15) is 31.9 Å². The highest BCUT2D eigenvalue weighted by Crippen LogP contribution is 2.17. The molecule has 0 saturated carbocycles. The quantitative estimate of drug-likeness (QED) is 0.649. The summed E-state index contributed by atoms with van der Waals surface area (Å²) in [5.41, 5.74) is 1.80. The van der Waals surface area contributed by atoms with E-state index in [9.17, 15) is 9.59 Å². The minimum atomic E-state index is -0.586. The molecule has 0 aliphatic heterocycles. The zero-order chi connectivity index (χ0) is 22.1. The van der Waals surface area contributed by atoms with Gasteiger partial charge in [0.15, 0.2) is 0 Å². The summed E-state index contributed by atoms with van der Waals surface area (Å²) in [5, 5.41) is 2.93. The van der Waals surface area contributed by atoms with Crippen molar-refractivity contribution in [3.63, 3.8) is 0 Å². The van der Waals surface area contributed by atoms with Gasteiger partial charge in [0.25, 0.3) is 0 Å². The van der Waals surface area contributed by atoms with Gasteiger partial charge < -0.3 is 19.7 Å². The van der Waals surface area contributed by atoms with Gasteiger partial charge in [-0.15, -0.1) is 0 Å². The number of amides is 2. The molecule has 2 rings (SSSR count). The van der Waals surface area contributed by atoms with Crippen molar-refractivity contribution >= 4 is 11.8 Å². The summed E-state index contributed by atoms with van der Waals surface area (Å²) < 4.78 is 10.4. The lowest BCUT2D eigenvalue weighted by atomic mass is 10.1. The van der Waals surface area contributed by atoms with E-state index in [0.29, 0.717) is 19.0 Å². The second-order valence-electron chi connectivity index (χ2n) is 7.71. The Morgan fingerprint density at radius 2 is 1.37 bits per heavy atom. The second kappa shape index (κ2) is 11.2. The topological polar surface area (TPSA) is 67.9 Å². The fourth-order valence-electron chi connectivity index (χ4n) is 2.98. The smallest absolute Gasteiger partial charge is 0.242 e. The Hall–Kier alpha value is -3.02. The minimum absolute atomic E-state index is 0.108. The third-order valence-electron chi connectivity index (χ3n) is 4.88. The Labute approximate surface area is 179 Å². The summed E-state index contributed by atoms with van der Waals surface area (Å²) in [5.74, 6) is 1.56. The number of rotatable bonds is 10. The van der Waals surface area contributed by atoms with E-state index in [1.54, 1.807) is 26.0 Å². The van der Waals surface area contributed by atoms with Gasteiger partial charge in [-0.2, -0.15) is 0 Å². The van der Waals surface area contributed by atoms with Crippen molar-refractivity contribution in [3.8, 4) is 11.5 Å². The Balaban J connectivity index is 2.18. The van der Waals surface area contributed by atoms with Crippen LogP contribution < -0.4 is 14.8 Å². The Morgan fingerprint density at radius 1 is 0.867 bits per heavy atom. The van der Waals surface area contributed by atoms with Gasteiger partial charge in [0.1, 0.15) is 17.5 Å². The molecule has 30 heavy (non-hydrogen) atoms. The van der Waals surface area contributed by atoms with Crippen molar-refractivity contribution in [1.29, 1.82) is 0 Å². The summed E-state index contributed by atoms with van der Waals surface area (Å²) in [4.78, 5) is 27.5. The molecule has 1 N–H and O–H groups in total. The minimum Gasteiger partial charge on any atom is -0.497 e. The summed E-state index contributed by atoms with van der Waals surface area (Å²) in [6.45, 7) is 6.76. The fraction of sp³-hybridized carbons (Fsp3) is 0.417. The zero-order valence-electron chi connectivity index (χ0n) is 18.5. The molecule has 0 aliphatic rings. The molecule has 0 bridgehead atoms. The van der Waals surface area contributed by atoms with Crippen LogP contribution in [0.2, 0.25) is 0 Å². The maximum absolute atomic E-state index is 13.2. The molecule has 0 radical (unpaired) electrons. The first-order valence-electron chi connectivity index (χ1n) is 10.2. The number of ether oxygens (including phenoxy) is 2. The average molecular weight is 413 g/mol. The predicted molar refractivity (Wildman–Crippen MR) is 118 cm³/mol. The number of hydrogen-bond acceptors (Lipinski definition) is 4. The lowest BCUT2D eigenvalue weighted by Gasteiger charge is -2.29. The van der Waals surface area contributed by atoms with E-state index in [0.717, 1.165) is 22.6 Å². The van der Waals surface area contributed by atoms with Gasteiger partial charge in [-0.05, 0) is 48.2 Å². The van der Waals surface area contributed by atoms with Crippen LogP contribution in [0.15, 0.2) is 48.5 Å². The van der Waals surface area contributed by atoms with Crippen LogP contribution in [0.3, 0.4) is 0 Å². The molecular formula is C24H32N2O4. The van der Waals surface area contributed by atoms with Gasteiger partial charge in [-0.3, -0.25) is 9.59 Å². The molecule has 0 spiro atoms. The Bertz CT molecular complexity index is 816. The number of hydrogen-bond donors (Lipinski definition) is 1. The molecule has 2 aromatic rings. The monoisotopic (exact) mass is 412 g/mol. The van der Waals surface area contributed by atoms with Crippen LogP contribution in [0.4, 0.5) is 0 Å². The molecule has 6 heteroatoms. The summed E-state index contributed by atoms with van der Waals surface area (Å²) in [6.07, 6.45) is 0.210. The standard InChI is InChI=1S/C24H32N2O4/c1-17(2)15-25-24(28)18(3)26(16-20-8-12-22(30-5)13-9-20)23(27)14-19-6-10-21(29-4)11-7-19/h6-13,17-18H,14-16H2,1-5H3,(H,25,28)/t18-/m0/s1. The van der Waals surface area contributed by atoms with E-state index in [-0.39, 0.29) is 18.2 Å². The third kappa shape index (κ3) is 6.79. The first kappa shape index (κ1) is 23.3. The molecule has 0 saturated heterocycles. The van der Waals surface area contributed by atoms with Crippen molar-refractivity contribution in [3.05, 3.63) is 59.7 Å². The van der Waals surface area contributed by atoms with Gasteiger partial charge in [-0.1, -0.05) is 38.1 Å². The first-order valence-corrected chi connectivity index (χ1v) is 10.2. The SMILES string of the molecule is COc1ccc(CC(=O)N(Cc2ccc(OC)cc2)[C@@H](C)C(=O)NCC(C)C)cc1. The number of nitrogens with one attached hydrogen (secondary N) is 1. The molecule has 0 aliphatic carbocycles. The van der Waals surface area contributed by atoms with E-state index < -0.39 is 6.04 Å². The van der Waals surface area contributed by atoms with Gasteiger partial charge in [-0.25, -0.2) is 0 Å². The molecular weight excluding hydrogens is 380 g/mol. The van der Waals surface area contributed by atoms with E-state index in [1.807, 2.05) is 62.4 Å². The predicted octanol–water partition coefficient (Wildman–Crippen LogP) is 3.44. The second-order valence-corrected chi connectivity index (χ2v) is 7.71. The van der Waals surface area contributed by atoms with E-state index >= 15 is 0 Å². The van der Waals surface area contributed by atoms with E-state index in [1.165, 1.54) is 0 Å². The van der Waals surface area contributed by atoms with Gasteiger partial charge >= 0.3 is 0 Å². The van der Waals surface area contributed by atoms with Crippen LogP contribution in [0.25, 0.3) is 0 Å². The fourth-order valence-corrected chi connectivity index (χ4v) is 2.98. The number of methoxy groups -OCH3 is 2. The molecule has 0 heterocycles. The van der Waals surface area contributed by atoms with Gasteiger partial charge in [0.2, 0.25) is 11.8 Å². The maximum atomic E-state index is 13.2. The van der Waals surface area contributed by atoms with Crippen LogP contribution in [-0.2, 0) is 22.6 Å². The highest BCUT2D eigenvalue weighted by atomic mass is 16.5. The van der Waals surface area contributed by atoms with Crippen molar-refractivity contribution in [2.24, 2.45) is 5.92 Å². The molecule has 2 aromatic carbocycles. The molecule has 1 atom stereocenters. The Morgan fingerprint density at radius 3 is 1.83 bits per heavy atom. The average Bonchev–Trinajstić information content (AvgIpc) is 2.76. The third-order valence-corrected chi connectivity index (χ3v) is 4.88. The number of carbonyl (C=O) groups excluding carboxylic acids is 2. The molecule has 6 nitrogen and oxygen atoms in total. The highest BCUT2D eigenvalue weighted by molar-refractivity contribution is 5.88. The largest absolute Gasteiger partial charge is 0.497 e. The molecule has 0 fully saturated rings. The van der Waals surface area contributed by atoms with Crippen LogP contribution in [0.5, 0.6) is 11.5 Å². The van der Waals surface area contributed by atoms with Gasteiger partial charge in [0.05, 0.1) is 20.6 Å². The first-order chi connectivity index (χ1) is 14.3. The van der Waals surface area contributed by atoms with Crippen LogP contribution >= 0.6 is 0 Å². The van der Waals surface area contributed by atoms with Gasteiger partial charge in [0, 0.05) is 13.1 Å². The maximum Gasteiger partial charge on any atom is 0.242 e. The van der Waals surface area contributed by atoms with Crippen molar-refractivity contribution in [1.82, 2.24) is 10.2 Å². The lowest BCUT2D eigenvalue weighted by Crippen LogP contribution is -2.48.